The molecule has 21 heavy (non-hydrogen) atoms. The molecule has 1 aromatic carbocycles. The van der Waals surface area contributed by atoms with Gasteiger partial charge in [0.1, 0.15) is 0 Å². The van der Waals surface area contributed by atoms with Gasteiger partial charge < -0.3 is 10.6 Å². The van der Waals surface area contributed by atoms with E-state index in [1.165, 1.54) is 0 Å². The van der Waals surface area contributed by atoms with Crippen LogP contribution in [0.5, 0.6) is 0 Å². The van der Waals surface area contributed by atoms with Gasteiger partial charge in [0.05, 0.1) is 0 Å². The molecule has 3 nitrogen and oxygen atoms in total. The van der Waals surface area contributed by atoms with Crippen molar-refractivity contribution < 1.29 is 4.79 Å². The maximum absolute atomic E-state index is 11.8. The Labute approximate surface area is 145 Å². The average Bonchev–Trinajstić information content (AvgIpc) is 2.42. The molecule has 1 fully saturated rings. The van der Waals surface area contributed by atoms with E-state index >= 15 is 0 Å². The first-order chi connectivity index (χ1) is 9.65. The van der Waals surface area contributed by atoms with Crippen LogP contribution in [0.4, 0.5) is 0 Å². The number of carbonyl (C=O) groups is 1. The maximum atomic E-state index is 11.8. The lowest BCUT2D eigenvalue weighted by Gasteiger charge is -2.22. The van der Waals surface area contributed by atoms with Crippen LogP contribution in [0.15, 0.2) is 18.2 Å². The number of nitrogens with one attached hydrogen (secondary N) is 2. The summed E-state index contributed by atoms with van der Waals surface area (Å²) in [7, 11) is 0. The molecule has 0 spiro atoms. The fourth-order valence-corrected chi connectivity index (χ4v) is 3.56. The van der Waals surface area contributed by atoms with Crippen LogP contribution in [-0.2, 0) is 11.2 Å². The smallest absolute Gasteiger partial charge is 0.221 e. The predicted octanol–water partition coefficient (Wildman–Crippen LogP) is 3.17. The van der Waals surface area contributed by atoms with E-state index in [1.807, 2.05) is 23.9 Å². The van der Waals surface area contributed by atoms with Crippen molar-refractivity contribution in [3.63, 3.8) is 0 Å². The van der Waals surface area contributed by atoms with Crippen LogP contribution in [0.25, 0.3) is 0 Å². The quantitative estimate of drug-likeness (QED) is 0.837. The molecule has 0 aliphatic carbocycles. The number of hydrogen-bond acceptors (Lipinski definition) is 3. The lowest BCUT2D eigenvalue weighted by atomic mass is 10.1. The third kappa shape index (κ3) is 6.66. The van der Waals surface area contributed by atoms with Crippen molar-refractivity contribution in [2.75, 3.05) is 24.6 Å². The lowest BCUT2D eigenvalue weighted by molar-refractivity contribution is -0.121. The molecule has 2 N–H and O–H groups in total. The second-order valence-electron chi connectivity index (χ2n) is 4.77. The standard InChI is InChI=1S/C14H18Cl2N2OS.ClH/c15-11-2-1-10(13(16)7-11)3-4-18-14(19)8-12-9-20-6-5-17-12;/h1-2,7,12,17H,3-6,8-9H2,(H,18,19);1H. The largest absolute Gasteiger partial charge is 0.356 e. The predicted molar refractivity (Wildman–Crippen MR) is 94.2 cm³/mol. The van der Waals surface area contributed by atoms with Gasteiger partial charge in [0.2, 0.25) is 5.91 Å². The summed E-state index contributed by atoms with van der Waals surface area (Å²) in [4.78, 5) is 11.8. The van der Waals surface area contributed by atoms with E-state index < -0.39 is 0 Å². The molecule has 0 bridgehead atoms. The van der Waals surface area contributed by atoms with Crippen molar-refractivity contribution in [3.05, 3.63) is 33.8 Å². The van der Waals surface area contributed by atoms with Gasteiger partial charge in [0.15, 0.2) is 0 Å². The van der Waals surface area contributed by atoms with E-state index in [0.717, 1.165) is 23.6 Å². The van der Waals surface area contributed by atoms with Crippen LogP contribution in [0.1, 0.15) is 12.0 Å². The molecule has 1 amide bonds. The second-order valence-corrected chi connectivity index (χ2v) is 6.76. The summed E-state index contributed by atoms with van der Waals surface area (Å²) < 4.78 is 0. The molecular weight excluding hydrogens is 351 g/mol. The van der Waals surface area contributed by atoms with Gasteiger partial charge in [-0.15, -0.1) is 12.4 Å². The summed E-state index contributed by atoms with van der Waals surface area (Å²) in [5.74, 6) is 2.24. The van der Waals surface area contributed by atoms with E-state index in [-0.39, 0.29) is 18.3 Å². The summed E-state index contributed by atoms with van der Waals surface area (Å²) in [5.41, 5.74) is 1.00. The molecule has 1 saturated heterocycles. The average molecular weight is 370 g/mol. The van der Waals surface area contributed by atoms with Gasteiger partial charge in [0, 0.05) is 47.1 Å². The molecule has 1 unspecified atom stereocenters. The van der Waals surface area contributed by atoms with Crippen LogP contribution < -0.4 is 10.6 Å². The summed E-state index contributed by atoms with van der Waals surface area (Å²) >= 11 is 13.8. The Morgan fingerprint density at radius 3 is 2.90 bits per heavy atom. The van der Waals surface area contributed by atoms with E-state index in [1.54, 1.807) is 6.07 Å². The van der Waals surface area contributed by atoms with Crippen molar-refractivity contribution in [2.45, 2.75) is 18.9 Å². The Morgan fingerprint density at radius 2 is 2.24 bits per heavy atom. The van der Waals surface area contributed by atoms with Crippen LogP contribution in [0, 0.1) is 0 Å². The number of halogens is 3. The minimum absolute atomic E-state index is 0. The van der Waals surface area contributed by atoms with Gasteiger partial charge in [0.25, 0.3) is 0 Å². The zero-order valence-electron chi connectivity index (χ0n) is 11.5. The molecule has 1 aromatic rings. The highest BCUT2D eigenvalue weighted by Crippen LogP contribution is 2.21. The molecule has 7 heteroatoms. The third-order valence-corrected chi connectivity index (χ3v) is 4.88. The summed E-state index contributed by atoms with van der Waals surface area (Å²) in [6, 6.07) is 5.74. The Bertz CT molecular complexity index is 468. The zero-order chi connectivity index (χ0) is 14.4. The number of benzene rings is 1. The monoisotopic (exact) mass is 368 g/mol. The van der Waals surface area contributed by atoms with E-state index in [9.17, 15) is 4.79 Å². The minimum Gasteiger partial charge on any atom is -0.356 e. The zero-order valence-corrected chi connectivity index (χ0v) is 14.7. The van der Waals surface area contributed by atoms with Crippen molar-refractivity contribution >= 4 is 53.3 Å². The van der Waals surface area contributed by atoms with Gasteiger partial charge in [-0.05, 0) is 24.1 Å². The minimum atomic E-state index is 0. The molecule has 1 atom stereocenters. The highest BCUT2D eigenvalue weighted by molar-refractivity contribution is 7.99. The van der Waals surface area contributed by atoms with Crippen molar-refractivity contribution in [2.24, 2.45) is 0 Å². The molecule has 118 valence electrons. The van der Waals surface area contributed by atoms with Crippen molar-refractivity contribution in [3.8, 4) is 0 Å². The molecule has 1 heterocycles. The molecule has 2 rings (SSSR count). The third-order valence-electron chi connectivity index (χ3n) is 3.16. The summed E-state index contributed by atoms with van der Waals surface area (Å²) in [6.45, 7) is 1.59. The topological polar surface area (TPSA) is 41.1 Å². The Balaban J connectivity index is 0.00000220. The number of thioether (sulfide) groups is 1. The normalized spacial score (nSPS) is 17.9. The van der Waals surface area contributed by atoms with Crippen molar-refractivity contribution in [1.82, 2.24) is 10.6 Å². The molecule has 0 aromatic heterocycles. The summed E-state index contributed by atoms with van der Waals surface area (Å²) in [5, 5.41) is 7.57. The van der Waals surface area contributed by atoms with Crippen LogP contribution in [0.3, 0.4) is 0 Å². The highest BCUT2D eigenvalue weighted by atomic mass is 35.5. The number of amides is 1. The first-order valence-corrected chi connectivity index (χ1v) is 8.58. The van der Waals surface area contributed by atoms with Gasteiger partial charge in [-0.1, -0.05) is 29.3 Å². The molecule has 0 radical (unpaired) electrons. The van der Waals surface area contributed by atoms with Gasteiger partial charge in [-0.25, -0.2) is 0 Å². The maximum Gasteiger partial charge on any atom is 0.221 e. The SMILES string of the molecule is Cl.O=C(CC1CSCCN1)NCCc1ccc(Cl)cc1Cl. The molecule has 1 aliphatic heterocycles. The number of carbonyl (C=O) groups excluding carboxylic acids is 1. The van der Waals surface area contributed by atoms with Crippen LogP contribution in [0.2, 0.25) is 10.0 Å². The lowest BCUT2D eigenvalue weighted by Crippen LogP contribution is -2.41. The van der Waals surface area contributed by atoms with Crippen molar-refractivity contribution in [1.29, 1.82) is 0 Å². The number of hydrogen-bond donors (Lipinski definition) is 2. The molecule has 1 aliphatic rings. The van der Waals surface area contributed by atoms with Crippen LogP contribution >= 0.6 is 47.4 Å². The molecular formula is C14H19Cl3N2OS. The Hall–Kier alpha value is -0.130. The summed E-state index contributed by atoms with van der Waals surface area (Å²) in [6.07, 6.45) is 1.26. The van der Waals surface area contributed by atoms with E-state index in [0.29, 0.717) is 35.5 Å². The van der Waals surface area contributed by atoms with E-state index in [4.69, 9.17) is 23.2 Å². The van der Waals surface area contributed by atoms with Crippen LogP contribution in [-0.4, -0.2) is 36.5 Å². The number of rotatable bonds is 5. The molecule has 0 saturated carbocycles. The van der Waals surface area contributed by atoms with E-state index in [2.05, 4.69) is 10.6 Å². The first-order valence-electron chi connectivity index (χ1n) is 6.67. The van der Waals surface area contributed by atoms with Gasteiger partial charge in [-0.3, -0.25) is 4.79 Å². The van der Waals surface area contributed by atoms with Gasteiger partial charge >= 0.3 is 0 Å². The Morgan fingerprint density at radius 1 is 1.43 bits per heavy atom. The fraction of sp³-hybridized carbons (Fsp3) is 0.500. The fourth-order valence-electron chi connectivity index (χ4n) is 2.11. The highest BCUT2D eigenvalue weighted by Gasteiger charge is 2.16. The first kappa shape index (κ1) is 18.9. The second kappa shape index (κ2) is 9.80. The Kier molecular flexibility index (Phi) is 8.83. The van der Waals surface area contributed by atoms with Gasteiger partial charge in [-0.2, -0.15) is 11.8 Å².